The maximum Gasteiger partial charge on any atom is 0.219 e. The summed E-state index contributed by atoms with van der Waals surface area (Å²) in [5.41, 5.74) is 1.14. The summed E-state index contributed by atoms with van der Waals surface area (Å²) in [5, 5.41) is 12.4. The van der Waals surface area contributed by atoms with Crippen LogP contribution in [0.2, 0.25) is 0 Å². The zero-order chi connectivity index (χ0) is 14.4. The zero-order valence-corrected chi connectivity index (χ0v) is 12.1. The Hall–Kier alpha value is -1.55. The maximum atomic E-state index is 11.7. The van der Waals surface area contributed by atoms with Gasteiger partial charge in [-0.2, -0.15) is 0 Å². The van der Waals surface area contributed by atoms with Crippen molar-refractivity contribution < 1.29 is 9.90 Å². The Morgan fingerprint density at radius 2 is 1.95 bits per heavy atom. The molecule has 1 atom stereocenters. The fourth-order valence-corrected chi connectivity index (χ4v) is 2.68. The molecule has 0 unspecified atom stereocenters. The summed E-state index contributed by atoms with van der Waals surface area (Å²) in [6.07, 6.45) is 3.84. The number of carbonyl (C=O) groups excluding carboxylic acids is 1. The van der Waals surface area contributed by atoms with Crippen molar-refractivity contribution in [3.05, 3.63) is 29.8 Å². The highest BCUT2D eigenvalue weighted by Crippen LogP contribution is 2.13. The van der Waals surface area contributed by atoms with E-state index in [0.29, 0.717) is 6.42 Å². The fraction of sp³-hybridized carbons (Fsp3) is 0.562. The Labute approximate surface area is 120 Å². The monoisotopic (exact) mass is 276 g/mol. The van der Waals surface area contributed by atoms with E-state index in [9.17, 15) is 9.90 Å². The van der Waals surface area contributed by atoms with Crippen molar-refractivity contribution in [2.75, 3.05) is 19.6 Å². The molecule has 4 nitrogen and oxygen atoms in total. The molecular formula is C16H24N2O2. The van der Waals surface area contributed by atoms with Gasteiger partial charge in [-0.05, 0) is 50.0 Å². The van der Waals surface area contributed by atoms with Crippen molar-refractivity contribution in [1.29, 1.82) is 0 Å². The minimum Gasteiger partial charge on any atom is -0.508 e. The molecule has 1 amide bonds. The zero-order valence-electron chi connectivity index (χ0n) is 12.1. The van der Waals surface area contributed by atoms with Crippen molar-refractivity contribution in [2.24, 2.45) is 0 Å². The third-order valence-corrected chi connectivity index (χ3v) is 3.78. The van der Waals surface area contributed by atoms with Gasteiger partial charge in [0.2, 0.25) is 5.91 Å². The van der Waals surface area contributed by atoms with E-state index >= 15 is 0 Å². The lowest BCUT2D eigenvalue weighted by Gasteiger charge is -2.24. The van der Waals surface area contributed by atoms with Gasteiger partial charge in [0.15, 0.2) is 0 Å². The second kappa shape index (κ2) is 7.29. The highest BCUT2D eigenvalue weighted by atomic mass is 16.3. The molecule has 0 aromatic heterocycles. The van der Waals surface area contributed by atoms with Gasteiger partial charge in [0.1, 0.15) is 5.75 Å². The van der Waals surface area contributed by atoms with Crippen LogP contribution in [-0.2, 0) is 11.2 Å². The van der Waals surface area contributed by atoms with Gasteiger partial charge in [0.05, 0.1) is 0 Å². The van der Waals surface area contributed by atoms with Gasteiger partial charge in [-0.15, -0.1) is 0 Å². The van der Waals surface area contributed by atoms with E-state index < -0.39 is 0 Å². The van der Waals surface area contributed by atoms with Crippen LogP contribution >= 0.6 is 0 Å². The van der Waals surface area contributed by atoms with Gasteiger partial charge < -0.3 is 15.3 Å². The number of aromatic hydroxyl groups is 1. The quantitative estimate of drug-likeness (QED) is 0.834. The first-order valence-corrected chi connectivity index (χ1v) is 7.47. The van der Waals surface area contributed by atoms with Gasteiger partial charge in [-0.25, -0.2) is 0 Å². The molecule has 1 aromatic rings. The smallest absolute Gasteiger partial charge is 0.219 e. The number of nitrogens with zero attached hydrogens (tertiary/aromatic N) is 1. The number of likely N-dealkylation sites (tertiary alicyclic amines) is 1. The largest absolute Gasteiger partial charge is 0.508 e. The lowest BCUT2D eigenvalue weighted by atomic mass is 10.0. The Morgan fingerprint density at radius 3 is 2.55 bits per heavy atom. The van der Waals surface area contributed by atoms with Gasteiger partial charge in [-0.3, -0.25) is 4.79 Å². The van der Waals surface area contributed by atoms with E-state index in [-0.39, 0.29) is 17.7 Å². The maximum absolute atomic E-state index is 11.7. The van der Waals surface area contributed by atoms with Crippen molar-refractivity contribution >= 4 is 5.91 Å². The fourth-order valence-electron chi connectivity index (χ4n) is 2.68. The summed E-state index contributed by atoms with van der Waals surface area (Å²) in [6, 6.07) is 7.38. The lowest BCUT2D eigenvalue weighted by Crippen LogP contribution is -2.44. The van der Waals surface area contributed by atoms with Crippen molar-refractivity contribution in [1.82, 2.24) is 10.2 Å². The number of hydrogen-bond acceptors (Lipinski definition) is 3. The molecule has 1 saturated heterocycles. The normalized spacial score (nSPS) is 17.1. The first-order chi connectivity index (χ1) is 9.67. The van der Waals surface area contributed by atoms with Gasteiger partial charge >= 0.3 is 0 Å². The summed E-state index contributed by atoms with van der Waals surface area (Å²) < 4.78 is 0. The molecule has 1 fully saturated rings. The summed E-state index contributed by atoms with van der Waals surface area (Å²) in [5.74, 6) is 0.385. The molecule has 0 aliphatic carbocycles. The number of phenols is 1. The number of rotatable bonds is 6. The predicted octanol–water partition coefficient (Wildman–Crippen LogP) is 1.93. The van der Waals surface area contributed by atoms with E-state index in [1.165, 1.54) is 12.8 Å². The topological polar surface area (TPSA) is 52.6 Å². The van der Waals surface area contributed by atoms with Crippen LogP contribution in [-0.4, -0.2) is 41.6 Å². The van der Waals surface area contributed by atoms with Crippen LogP contribution < -0.4 is 5.32 Å². The molecule has 1 aliphatic rings. The summed E-state index contributed by atoms with van der Waals surface area (Å²) in [6.45, 7) is 5.05. The predicted molar refractivity (Wildman–Crippen MR) is 79.7 cm³/mol. The first kappa shape index (κ1) is 14.9. The Kier molecular flexibility index (Phi) is 5.41. The molecule has 0 radical (unpaired) electrons. The second-order valence-corrected chi connectivity index (χ2v) is 5.50. The molecule has 20 heavy (non-hydrogen) atoms. The molecule has 0 spiro atoms. The third kappa shape index (κ3) is 4.53. The Morgan fingerprint density at radius 1 is 1.30 bits per heavy atom. The Balaban J connectivity index is 1.96. The van der Waals surface area contributed by atoms with Crippen LogP contribution in [0.4, 0.5) is 0 Å². The molecule has 1 aromatic carbocycles. The lowest BCUT2D eigenvalue weighted by molar-refractivity contribution is -0.121. The molecule has 1 heterocycles. The molecule has 4 heteroatoms. The number of hydrogen-bond donors (Lipinski definition) is 2. The van der Waals surface area contributed by atoms with Crippen LogP contribution in [0.15, 0.2) is 24.3 Å². The minimum atomic E-state index is 0.105. The molecule has 0 bridgehead atoms. The van der Waals surface area contributed by atoms with E-state index in [1.54, 1.807) is 12.1 Å². The third-order valence-electron chi connectivity index (χ3n) is 3.78. The van der Waals surface area contributed by atoms with Crippen LogP contribution in [0.25, 0.3) is 0 Å². The van der Waals surface area contributed by atoms with Crippen LogP contribution in [0.1, 0.15) is 31.7 Å². The number of phenolic OH excluding ortho intramolecular Hbond substituents is 1. The van der Waals surface area contributed by atoms with Crippen molar-refractivity contribution in [3.63, 3.8) is 0 Å². The molecule has 0 saturated carbocycles. The SMILES string of the molecule is CCC(=O)N[C@@H](Cc1ccc(O)cc1)CN1CCCC1. The highest BCUT2D eigenvalue weighted by molar-refractivity contribution is 5.75. The number of amides is 1. The van der Waals surface area contributed by atoms with Gasteiger partial charge in [-0.1, -0.05) is 19.1 Å². The molecule has 2 N–H and O–H groups in total. The summed E-state index contributed by atoms with van der Waals surface area (Å²) in [4.78, 5) is 14.1. The number of nitrogens with one attached hydrogen (secondary N) is 1. The standard InChI is InChI=1S/C16H24N2O2/c1-2-16(20)17-14(12-18-9-3-4-10-18)11-13-5-7-15(19)8-6-13/h5-8,14,19H,2-4,9-12H2,1H3,(H,17,20)/t14-/m0/s1. The van der Waals surface area contributed by atoms with Crippen LogP contribution in [0.5, 0.6) is 5.75 Å². The summed E-state index contributed by atoms with van der Waals surface area (Å²) >= 11 is 0. The van der Waals surface area contributed by atoms with Crippen LogP contribution in [0, 0.1) is 0 Å². The molecular weight excluding hydrogens is 252 g/mol. The summed E-state index contributed by atoms with van der Waals surface area (Å²) in [7, 11) is 0. The number of benzene rings is 1. The molecule has 1 aliphatic heterocycles. The van der Waals surface area contributed by atoms with E-state index in [1.807, 2.05) is 19.1 Å². The average molecular weight is 276 g/mol. The van der Waals surface area contributed by atoms with Gasteiger partial charge in [0.25, 0.3) is 0 Å². The van der Waals surface area contributed by atoms with E-state index in [4.69, 9.17) is 0 Å². The first-order valence-electron chi connectivity index (χ1n) is 7.47. The average Bonchev–Trinajstić information content (AvgIpc) is 2.94. The van der Waals surface area contributed by atoms with Crippen molar-refractivity contribution in [2.45, 2.75) is 38.6 Å². The highest BCUT2D eigenvalue weighted by Gasteiger charge is 2.19. The van der Waals surface area contributed by atoms with Crippen LogP contribution in [0.3, 0.4) is 0 Å². The second-order valence-electron chi connectivity index (χ2n) is 5.50. The minimum absolute atomic E-state index is 0.105. The Bertz CT molecular complexity index is 425. The van der Waals surface area contributed by atoms with E-state index in [2.05, 4.69) is 10.2 Å². The molecule has 2 rings (SSSR count). The molecule has 110 valence electrons. The van der Waals surface area contributed by atoms with E-state index in [0.717, 1.165) is 31.6 Å². The number of carbonyl (C=O) groups is 1. The van der Waals surface area contributed by atoms with Crippen molar-refractivity contribution in [3.8, 4) is 5.75 Å². The van der Waals surface area contributed by atoms with Gasteiger partial charge in [0, 0.05) is 19.0 Å².